The van der Waals surface area contributed by atoms with Crippen LogP contribution in [0.4, 0.5) is 0 Å². The molecule has 0 aliphatic rings. The van der Waals surface area contributed by atoms with Gasteiger partial charge in [-0.05, 0) is 42.5 Å². The Hall–Kier alpha value is -1.94. The lowest BCUT2D eigenvalue weighted by Gasteiger charge is -2.03. The van der Waals surface area contributed by atoms with E-state index in [1.165, 1.54) is 11.3 Å². The number of thiazole rings is 1. The third-order valence-corrected chi connectivity index (χ3v) is 6.54. The van der Waals surface area contributed by atoms with Crippen LogP contribution in [0.1, 0.15) is 10.6 Å². The van der Waals surface area contributed by atoms with Crippen LogP contribution in [0.2, 0.25) is 15.2 Å². The van der Waals surface area contributed by atoms with Crippen LogP contribution in [-0.4, -0.2) is 9.97 Å². The van der Waals surface area contributed by atoms with Crippen molar-refractivity contribution in [3.8, 4) is 17.3 Å². The smallest absolute Gasteiger partial charge is 0.137 e. The minimum absolute atomic E-state index is 0.328. The van der Waals surface area contributed by atoms with E-state index in [4.69, 9.17) is 34.8 Å². The van der Waals surface area contributed by atoms with E-state index in [1.54, 1.807) is 18.2 Å². The molecule has 0 radical (unpaired) electrons. The van der Waals surface area contributed by atoms with Gasteiger partial charge in [0, 0.05) is 26.4 Å². The molecule has 0 aliphatic carbocycles. The Bertz CT molecular complexity index is 1320. The third kappa shape index (κ3) is 4.32. The highest BCUT2D eigenvalue weighted by molar-refractivity contribution is 9.10. The maximum Gasteiger partial charge on any atom is 0.137 e. The highest BCUT2D eigenvalue weighted by Crippen LogP contribution is 2.32. The summed E-state index contributed by atoms with van der Waals surface area (Å²) in [5.41, 5.74) is 3.38. The van der Waals surface area contributed by atoms with Crippen LogP contribution in [0.25, 0.3) is 33.8 Å². The fourth-order valence-electron chi connectivity index (χ4n) is 2.72. The Morgan fingerprint density at radius 2 is 1.86 bits per heavy atom. The second kappa shape index (κ2) is 8.43. The van der Waals surface area contributed by atoms with Gasteiger partial charge in [0.1, 0.15) is 16.2 Å². The predicted molar refractivity (Wildman–Crippen MR) is 126 cm³/mol. The molecule has 4 rings (SSSR count). The van der Waals surface area contributed by atoms with Crippen molar-refractivity contribution in [2.24, 2.45) is 0 Å². The molecule has 0 unspecified atom stereocenters. The lowest BCUT2D eigenvalue weighted by Crippen LogP contribution is -1.87. The molecule has 0 fully saturated rings. The van der Waals surface area contributed by atoms with Crippen molar-refractivity contribution >= 4 is 84.6 Å². The molecule has 0 spiro atoms. The topological polar surface area (TPSA) is 49.6 Å². The van der Waals surface area contributed by atoms with Crippen molar-refractivity contribution in [2.75, 3.05) is 0 Å². The Morgan fingerprint density at radius 1 is 1.03 bits per heavy atom. The zero-order valence-electron chi connectivity index (χ0n) is 14.5. The summed E-state index contributed by atoms with van der Waals surface area (Å²) >= 11 is 23.2. The first-order valence-corrected chi connectivity index (χ1v) is 11.0. The van der Waals surface area contributed by atoms with Crippen molar-refractivity contribution in [3.63, 3.8) is 0 Å². The summed E-state index contributed by atoms with van der Waals surface area (Å²) in [6, 6.07) is 15.2. The summed E-state index contributed by atoms with van der Waals surface area (Å²) in [5, 5.41) is 14.3. The first-order valence-electron chi connectivity index (χ1n) is 8.23. The molecule has 0 saturated heterocycles. The van der Waals surface area contributed by atoms with E-state index in [-0.39, 0.29) is 0 Å². The zero-order chi connectivity index (χ0) is 20.5. The molecule has 2 aromatic heterocycles. The molecule has 8 heteroatoms. The van der Waals surface area contributed by atoms with E-state index in [0.717, 1.165) is 26.6 Å². The SMILES string of the molecule is N#CC(=Cc1cc2cc(Br)ccc2nc1Cl)c1nc(-c2ccc(Cl)c(Cl)c2)cs1. The van der Waals surface area contributed by atoms with Crippen LogP contribution in [0.5, 0.6) is 0 Å². The zero-order valence-corrected chi connectivity index (χ0v) is 19.1. The Morgan fingerprint density at radius 3 is 2.62 bits per heavy atom. The quantitative estimate of drug-likeness (QED) is 0.202. The molecule has 0 bridgehead atoms. The standard InChI is InChI=1S/C21H9BrCl3N3S/c22-15-2-4-18-12(7-15)5-13(20(25)27-18)6-14(9-26)21-28-19(10-29-21)11-1-3-16(23)17(24)8-11/h1-8,10H. The van der Waals surface area contributed by atoms with Gasteiger partial charge in [0.05, 0.1) is 26.8 Å². The van der Waals surface area contributed by atoms with Gasteiger partial charge in [-0.1, -0.05) is 56.8 Å². The van der Waals surface area contributed by atoms with Crippen LogP contribution in [-0.2, 0) is 0 Å². The van der Waals surface area contributed by atoms with Gasteiger partial charge >= 0.3 is 0 Å². The minimum atomic E-state index is 0.328. The first kappa shape index (κ1) is 20.3. The Balaban J connectivity index is 1.74. The van der Waals surface area contributed by atoms with E-state index < -0.39 is 0 Å². The van der Waals surface area contributed by atoms with Crippen molar-refractivity contribution in [1.82, 2.24) is 9.97 Å². The van der Waals surface area contributed by atoms with Crippen LogP contribution < -0.4 is 0 Å². The summed E-state index contributed by atoms with van der Waals surface area (Å²) in [7, 11) is 0. The number of pyridine rings is 1. The molecule has 0 saturated carbocycles. The van der Waals surface area contributed by atoms with Crippen LogP contribution >= 0.6 is 62.1 Å². The molecule has 0 N–H and O–H groups in total. The third-order valence-electron chi connectivity index (χ3n) is 4.13. The molecule has 4 aromatic rings. The van der Waals surface area contributed by atoms with E-state index in [1.807, 2.05) is 35.7 Å². The second-order valence-electron chi connectivity index (χ2n) is 6.04. The molecule has 142 valence electrons. The van der Waals surface area contributed by atoms with Gasteiger partial charge in [-0.3, -0.25) is 0 Å². The number of hydrogen-bond donors (Lipinski definition) is 0. The number of halogens is 4. The van der Waals surface area contributed by atoms with Gasteiger partial charge in [-0.15, -0.1) is 11.3 Å². The Kier molecular flexibility index (Phi) is 5.91. The Labute approximate surface area is 194 Å². The van der Waals surface area contributed by atoms with Crippen LogP contribution in [0.3, 0.4) is 0 Å². The first-order chi connectivity index (χ1) is 13.9. The van der Waals surface area contributed by atoms with Gasteiger partial charge in [0.2, 0.25) is 0 Å². The number of allylic oxidation sites excluding steroid dienone is 1. The van der Waals surface area contributed by atoms with E-state index >= 15 is 0 Å². The average molecular weight is 522 g/mol. The monoisotopic (exact) mass is 519 g/mol. The van der Waals surface area contributed by atoms with Crippen molar-refractivity contribution in [3.05, 3.63) is 78.1 Å². The van der Waals surface area contributed by atoms with Gasteiger partial charge in [-0.2, -0.15) is 5.26 Å². The number of fused-ring (bicyclic) bond motifs is 1. The predicted octanol–water partition coefficient (Wildman–Crippen LogP) is 8.15. The number of hydrogen-bond acceptors (Lipinski definition) is 4. The van der Waals surface area contributed by atoms with Gasteiger partial charge < -0.3 is 0 Å². The largest absolute Gasteiger partial charge is 0.235 e. The molecule has 0 atom stereocenters. The molecule has 29 heavy (non-hydrogen) atoms. The van der Waals surface area contributed by atoms with Crippen molar-refractivity contribution < 1.29 is 0 Å². The molecule has 0 aliphatic heterocycles. The summed E-state index contributed by atoms with van der Waals surface area (Å²) in [6.07, 6.45) is 1.70. The molecular formula is C21H9BrCl3N3S. The number of aromatic nitrogens is 2. The number of rotatable bonds is 3. The fourth-order valence-corrected chi connectivity index (χ4v) is 4.40. The van der Waals surface area contributed by atoms with Crippen LogP contribution in [0, 0.1) is 11.3 Å². The van der Waals surface area contributed by atoms with Crippen molar-refractivity contribution in [1.29, 1.82) is 5.26 Å². The maximum absolute atomic E-state index is 9.69. The molecule has 2 aromatic carbocycles. The highest BCUT2D eigenvalue weighted by Gasteiger charge is 2.12. The lowest BCUT2D eigenvalue weighted by molar-refractivity contribution is 1.36. The highest BCUT2D eigenvalue weighted by atomic mass is 79.9. The maximum atomic E-state index is 9.69. The summed E-state index contributed by atoms with van der Waals surface area (Å²) in [4.78, 5) is 8.99. The fraction of sp³-hybridized carbons (Fsp3) is 0. The molecule has 0 amide bonds. The van der Waals surface area contributed by atoms with Gasteiger partial charge in [0.15, 0.2) is 0 Å². The van der Waals surface area contributed by atoms with Crippen LogP contribution in [0.15, 0.2) is 52.3 Å². The van der Waals surface area contributed by atoms with E-state index in [9.17, 15) is 5.26 Å². The second-order valence-corrected chi connectivity index (χ2v) is 8.99. The lowest BCUT2D eigenvalue weighted by atomic mass is 10.1. The molecular weight excluding hydrogens is 513 g/mol. The number of nitriles is 1. The van der Waals surface area contributed by atoms with E-state index in [0.29, 0.717) is 31.3 Å². The average Bonchev–Trinajstić information content (AvgIpc) is 3.18. The number of nitrogens with zero attached hydrogens (tertiary/aromatic N) is 3. The summed E-state index contributed by atoms with van der Waals surface area (Å²) < 4.78 is 0.941. The van der Waals surface area contributed by atoms with Crippen molar-refractivity contribution in [2.45, 2.75) is 0 Å². The summed E-state index contributed by atoms with van der Waals surface area (Å²) in [5.74, 6) is 0. The van der Waals surface area contributed by atoms with E-state index in [2.05, 4.69) is 32.0 Å². The molecule has 3 nitrogen and oxygen atoms in total. The van der Waals surface area contributed by atoms with Gasteiger partial charge in [-0.25, -0.2) is 9.97 Å². The molecule has 2 heterocycles. The van der Waals surface area contributed by atoms with Gasteiger partial charge in [0.25, 0.3) is 0 Å². The summed E-state index contributed by atoms with van der Waals surface area (Å²) in [6.45, 7) is 0. The normalized spacial score (nSPS) is 11.6. The number of benzene rings is 2. The minimum Gasteiger partial charge on any atom is -0.235 e.